The van der Waals surface area contributed by atoms with Gasteiger partial charge in [0, 0.05) is 57.9 Å². The molecular formula is C28H43N5O3Si2. The maximum atomic E-state index is 11.1. The lowest BCUT2D eigenvalue weighted by molar-refractivity contribution is 0.0940. The third-order valence-corrected chi connectivity index (χ3v) is 10.2. The highest BCUT2D eigenvalue weighted by Gasteiger charge is 2.33. The third kappa shape index (κ3) is 7.37. The van der Waals surface area contributed by atoms with E-state index in [2.05, 4.69) is 56.1 Å². The number of carbonyl (C=O) groups excluding carboxylic acids is 1. The molecule has 8 nitrogen and oxygen atoms in total. The van der Waals surface area contributed by atoms with Crippen molar-refractivity contribution in [3.05, 3.63) is 41.5 Å². The molecule has 0 bridgehead atoms. The zero-order valence-electron chi connectivity index (χ0n) is 24.1. The van der Waals surface area contributed by atoms with Crippen LogP contribution in [0.5, 0.6) is 0 Å². The number of anilines is 1. The second kappa shape index (κ2) is 11.8. The largest absolute Gasteiger partial charge is 0.361 e. The van der Waals surface area contributed by atoms with Crippen LogP contribution in [-0.4, -0.2) is 68.7 Å². The van der Waals surface area contributed by atoms with Crippen LogP contribution in [0.25, 0.3) is 16.8 Å². The molecule has 38 heavy (non-hydrogen) atoms. The van der Waals surface area contributed by atoms with E-state index in [4.69, 9.17) is 19.6 Å². The quantitative estimate of drug-likeness (QED) is 0.101. The number of fused-ring (bicyclic) bond motifs is 1. The average molecular weight is 554 g/mol. The van der Waals surface area contributed by atoms with E-state index in [1.165, 1.54) is 5.56 Å². The standard InChI is InChI=1S/C28H43N5O3Si2/c1-21-26(22-8-9-22)28(32(19-35-12-14-37(2,3)4)20-36-13-15-38(5,6)7)33-27(31-21)25(17-30-33)23-10-11-24(18-34)29-16-23/h10-11,16-18,22H,8-9,12-15,19-20H2,1-7H3. The van der Waals surface area contributed by atoms with E-state index < -0.39 is 16.1 Å². The van der Waals surface area contributed by atoms with Gasteiger partial charge < -0.3 is 14.4 Å². The molecule has 1 aliphatic rings. The molecule has 3 heterocycles. The Bertz CT molecular complexity index is 1220. The van der Waals surface area contributed by atoms with Gasteiger partial charge in [0.1, 0.15) is 25.0 Å². The van der Waals surface area contributed by atoms with Crippen molar-refractivity contribution >= 4 is 33.9 Å². The van der Waals surface area contributed by atoms with Gasteiger partial charge in [0.25, 0.3) is 0 Å². The Morgan fingerprint density at radius 2 is 1.63 bits per heavy atom. The van der Waals surface area contributed by atoms with Gasteiger partial charge in [-0.25, -0.2) is 4.98 Å². The van der Waals surface area contributed by atoms with Crippen molar-refractivity contribution in [3.63, 3.8) is 0 Å². The van der Waals surface area contributed by atoms with Crippen molar-refractivity contribution in [2.45, 2.75) is 77.1 Å². The Morgan fingerprint density at radius 3 is 2.13 bits per heavy atom. The summed E-state index contributed by atoms with van der Waals surface area (Å²) in [4.78, 5) is 22.6. The summed E-state index contributed by atoms with van der Waals surface area (Å²) in [7, 11) is -2.40. The van der Waals surface area contributed by atoms with Gasteiger partial charge in [-0.05, 0) is 43.8 Å². The number of ether oxygens (including phenoxy) is 2. The fourth-order valence-electron chi connectivity index (χ4n) is 4.36. The highest BCUT2D eigenvalue weighted by atomic mass is 28.3. The molecule has 1 aliphatic carbocycles. The van der Waals surface area contributed by atoms with Crippen LogP contribution >= 0.6 is 0 Å². The number of rotatable bonds is 14. The van der Waals surface area contributed by atoms with E-state index in [1.807, 2.05) is 16.8 Å². The summed E-state index contributed by atoms with van der Waals surface area (Å²) >= 11 is 0. The van der Waals surface area contributed by atoms with Gasteiger partial charge in [-0.3, -0.25) is 9.78 Å². The molecule has 0 aromatic carbocycles. The van der Waals surface area contributed by atoms with Crippen molar-refractivity contribution in [2.75, 3.05) is 31.6 Å². The Hall–Kier alpha value is -2.41. The first kappa shape index (κ1) is 28.6. The fraction of sp³-hybridized carbons (Fsp3) is 0.571. The number of aryl methyl sites for hydroxylation is 1. The monoisotopic (exact) mass is 553 g/mol. The van der Waals surface area contributed by atoms with Crippen LogP contribution < -0.4 is 4.90 Å². The van der Waals surface area contributed by atoms with Crippen LogP contribution in [-0.2, 0) is 9.47 Å². The van der Waals surface area contributed by atoms with E-state index in [0.29, 0.717) is 25.1 Å². The van der Waals surface area contributed by atoms with Crippen molar-refractivity contribution in [3.8, 4) is 11.1 Å². The van der Waals surface area contributed by atoms with Gasteiger partial charge in [-0.15, -0.1) is 0 Å². The number of aldehydes is 1. The van der Waals surface area contributed by atoms with E-state index in [1.54, 1.807) is 12.3 Å². The van der Waals surface area contributed by atoms with Crippen LogP contribution in [0.1, 0.15) is 40.5 Å². The number of nitrogens with zero attached hydrogens (tertiary/aromatic N) is 5. The number of carbonyl (C=O) groups is 1. The minimum atomic E-state index is -1.20. The molecule has 0 saturated heterocycles. The second-order valence-electron chi connectivity index (χ2n) is 12.8. The predicted molar refractivity (Wildman–Crippen MR) is 159 cm³/mol. The van der Waals surface area contributed by atoms with Gasteiger partial charge in [0.05, 0.1) is 6.20 Å². The Labute approximate surface area is 228 Å². The molecule has 0 N–H and O–H groups in total. The van der Waals surface area contributed by atoms with Crippen LogP contribution in [0.15, 0.2) is 24.5 Å². The van der Waals surface area contributed by atoms with Gasteiger partial charge in [-0.1, -0.05) is 45.3 Å². The first-order chi connectivity index (χ1) is 18.0. The number of hydrogen-bond acceptors (Lipinski definition) is 7. The molecule has 4 rings (SSSR count). The highest BCUT2D eigenvalue weighted by molar-refractivity contribution is 6.76. The number of pyridine rings is 1. The van der Waals surface area contributed by atoms with Crippen molar-refractivity contribution in [1.29, 1.82) is 0 Å². The van der Waals surface area contributed by atoms with E-state index >= 15 is 0 Å². The number of aromatic nitrogens is 4. The summed E-state index contributed by atoms with van der Waals surface area (Å²) in [5.74, 6) is 1.49. The lowest BCUT2D eigenvalue weighted by Gasteiger charge is -2.29. The van der Waals surface area contributed by atoms with Crippen LogP contribution in [0.2, 0.25) is 51.4 Å². The molecule has 3 aromatic heterocycles. The number of hydrogen-bond donors (Lipinski definition) is 0. The van der Waals surface area contributed by atoms with E-state index in [9.17, 15) is 4.79 Å². The molecule has 0 amide bonds. The lowest BCUT2D eigenvalue weighted by atomic mass is 10.1. The van der Waals surface area contributed by atoms with Crippen molar-refractivity contribution in [2.24, 2.45) is 0 Å². The molecular weight excluding hydrogens is 511 g/mol. The third-order valence-electron chi connectivity index (χ3n) is 6.84. The highest BCUT2D eigenvalue weighted by Crippen LogP contribution is 2.46. The van der Waals surface area contributed by atoms with Crippen LogP contribution in [0.4, 0.5) is 5.82 Å². The maximum Gasteiger partial charge on any atom is 0.168 e. The summed E-state index contributed by atoms with van der Waals surface area (Å²) in [6.07, 6.45) is 6.63. The van der Waals surface area contributed by atoms with Crippen LogP contribution in [0, 0.1) is 6.92 Å². The summed E-state index contributed by atoms with van der Waals surface area (Å²) in [5.41, 5.74) is 5.21. The molecule has 0 aliphatic heterocycles. The Morgan fingerprint density at radius 1 is 1.00 bits per heavy atom. The van der Waals surface area contributed by atoms with Crippen LogP contribution in [0.3, 0.4) is 0 Å². The Balaban J connectivity index is 1.71. The minimum Gasteiger partial charge on any atom is -0.361 e. The van der Waals surface area contributed by atoms with Gasteiger partial charge in [0.15, 0.2) is 11.9 Å². The smallest absolute Gasteiger partial charge is 0.168 e. The van der Waals surface area contributed by atoms with Gasteiger partial charge in [0.2, 0.25) is 0 Å². The Kier molecular flexibility index (Phi) is 8.86. The first-order valence-electron chi connectivity index (χ1n) is 13.7. The molecule has 0 radical (unpaired) electrons. The summed E-state index contributed by atoms with van der Waals surface area (Å²) in [6, 6.07) is 5.86. The molecule has 10 heteroatoms. The molecule has 1 saturated carbocycles. The molecule has 0 spiro atoms. The lowest BCUT2D eigenvalue weighted by Crippen LogP contribution is -2.34. The zero-order chi connectivity index (χ0) is 27.5. The molecule has 3 aromatic rings. The van der Waals surface area contributed by atoms with Crippen molar-refractivity contribution < 1.29 is 14.3 Å². The molecule has 206 valence electrons. The van der Waals surface area contributed by atoms with Gasteiger partial charge in [-0.2, -0.15) is 9.61 Å². The maximum absolute atomic E-state index is 11.1. The molecule has 0 unspecified atom stereocenters. The van der Waals surface area contributed by atoms with E-state index in [-0.39, 0.29) is 0 Å². The predicted octanol–water partition coefficient (Wildman–Crippen LogP) is 6.22. The summed E-state index contributed by atoms with van der Waals surface area (Å²) in [6.45, 7) is 18.7. The topological polar surface area (TPSA) is 81.9 Å². The van der Waals surface area contributed by atoms with Crippen molar-refractivity contribution in [1.82, 2.24) is 19.6 Å². The average Bonchev–Trinajstić information content (AvgIpc) is 3.60. The first-order valence-corrected chi connectivity index (χ1v) is 21.1. The minimum absolute atomic E-state index is 0.406. The zero-order valence-corrected chi connectivity index (χ0v) is 26.1. The van der Waals surface area contributed by atoms with Gasteiger partial charge >= 0.3 is 0 Å². The summed E-state index contributed by atoms with van der Waals surface area (Å²) in [5, 5.41) is 4.82. The SMILES string of the molecule is Cc1nc2c(-c3ccc(C=O)nc3)cnn2c(N(COCC[Si](C)(C)C)COCC[Si](C)(C)C)c1C1CC1. The van der Waals surface area contributed by atoms with E-state index in [0.717, 1.165) is 72.7 Å². The summed E-state index contributed by atoms with van der Waals surface area (Å²) < 4.78 is 14.5. The molecule has 0 atom stereocenters. The normalized spacial score (nSPS) is 14.3. The fourth-order valence-corrected chi connectivity index (χ4v) is 5.87. The molecule has 1 fully saturated rings. The second-order valence-corrected chi connectivity index (χ2v) is 24.1.